The molecule has 12 nitrogen and oxygen atoms in total. The summed E-state index contributed by atoms with van der Waals surface area (Å²) in [6.07, 6.45) is 21.9. The van der Waals surface area contributed by atoms with Crippen LogP contribution in [0.15, 0.2) is 65.9 Å². The minimum atomic E-state index is -1.38. The van der Waals surface area contributed by atoms with E-state index in [1.807, 2.05) is 25.1 Å². The number of allylic oxidation sites excluding steroid dienone is 1. The molecule has 65 heavy (non-hydrogen) atoms. The van der Waals surface area contributed by atoms with Crippen molar-refractivity contribution in [3.8, 4) is 23.0 Å². The molecule has 2 aliphatic carbocycles. The average Bonchev–Trinajstić information content (AvgIpc) is 3.32. The molecule has 1 amide bonds. The molecule has 360 valence electrons. The third kappa shape index (κ3) is 13.4. The van der Waals surface area contributed by atoms with Crippen LogP contribution in [-0.4, -0.2) is 91.7 Å². The molecule has 0 radical (unpaired) electrons. The SMILES string of the molecule is C=CCOC12Oc3ccc(Oc4ccc(OC)c(C=O)c4)cc3C3C(CCCCO)C(CCCCO)C=C(C(=NOCC)CC1N(CCC)C(=O)OCCCCCCCCCCCC)C32. The molecule has 0 spiro atoms. The summed E-state index contributed by atoms with van der Waals surface area (Å²) in [5, 5.41) is 24.7. The Morgan fingerprint density at radius 3 is 2.25 bits per heavy atom. The van der Waals surface area contributed by atoms with Gasteiger partial charge in [-0.05, 0) is 99.3 Å². The van der Waals surface area contributed by atoms with E-state index in [4.69, 9.17) is 33.7 Å². The summed E-state index contributed by atoms with van der Waals surface area (Å²) in [5.41, 5.74) is 3.02. The summed E-state index contributed by atoms with van der Waals surface area (Å²) >= 11 is 0. The minimum Gasteiger partial charge on any atom is -0.496 e. The van der Waals surface area contributed by atoms with E-state index in [9.17, 15) is 19.8 Å². The number of oxime groups is 1. The Bertz CT molecular complexity index is 1850. The molecule has 6 unspecified atom stereocenters. The lowest BCUT2D eigenvalue weighted by Gasteiger charge is -2.59. The summed E-state index contributed by atoms with van der Waals surface area (Å²) in [7, 11) is 1.52. The lowest BCUT2D eigenvalue weighted by molar-refractivity contribution is -0.255. The number of carbonyl (C=O) groups is 2. The predicted octanol–water partition coefficient (Wildman–Crippen LogP) is 11.7. The molecule has 12 heteroatoms. The van der Waals surface area contributed by atoms with Crippen LogP contribution in [0.4, 0.5) is 4.79 Å². The number of ether oxygens (including phenoxy) is 5. The lowest BCUT2D eigenvalue weighted by Crippen LogP contribution is -2.70. The highest BCUT2D eigenvalue weighted by atomic mass is 16.7. The normalized spacial score (nSPS) is 22.5. The molecular formula is C53H78N2O10. The van der Waals surface area contributed by atoms with Gasteiger partial charge in [-0.2, -0.15) is 0 Å². The van der Waals surface area contributed by atoms with Gasteiger partial charge in [0.05, 0.1) is 37.5 Å². The molecule has 3 aliphatic rings. The van der Waals surface area contributed by atoms with Crippen molar-refractivity contribution < 1.29 is 48.3 Å². The highest BCUT2D eigenvalue weighted by Crippen LogP contribution is 2.62. The van der Waals surface area contributed by atoms with E-state index in [0.29, 0.717) is 74.0 Å². The number of aldehydes is 1. The molecule has 2 aromatic carbocycles. The van der Waals surface area contributed by atoms with Gasteiger partial charge < -0.3 is 38.7 Å². The maximum Gasteiger partial charge on any atom is 0.410 e. The van der Waals surface area contributed by atoms with E-state index in [1.54, 1.807) is 29.2 Å². The first-order valence-corrected chi connectivity index (χ1v) is 24.8. The van der Waals surface area contributed by atoms with Gasteiger partial charge in [-0.3, -0.25) is 9.69 Å². The standard InChI is InChI=1S/C53H78N2O10/c1-6-10-11-12-13-14-15-16-17-22-33-61-52(59)55(29-7-2)49-37-46(54-63-9-4)44-35-39(23-18-20-30-56)43(24-19-21-31-57)50-45-36-42(64-41-25-27-47(60-5)40(34-41)38-58)26-28-48(45)65-53(49,51(44)50)62-32-8-3/h8,25-28,34-36,38-39,43,49-51,56-57H,3,6-7,9-24,29-33,37H2,1-2,4-5H3. The summed E-state index contributed by atoms with van der Waals surface area (Å²) < 4.78 is 32.4. The first-order chi connectivity index (χ1) is 31.8. The van der Waals surface area contributed by atoms with Crippen LogP contribution in [0.25, 0.3) is 0 Å². The Morgan fingerprint density at radius 1 is 0.892 bits per heavy atom. The summed E-state index contributed by atoms with van der Waals surface area (Å²) in [6.45, 7) is 11.7. The summed E-state index contributed by atoms with van der Waals surface area (Å²) in [4.78, 5) is 34.2. The van der Waals surface area contributed by atoms with E-state index in [1.165, 1.54) is 52.1 Å². The quantitative estimate of drug-likeness (QED) is 0.0324. The molecule has 0 saturated heterocycles. The van der Waals surface area contributed by atoms with Crippen molar-refractivity contribution in [3.63, 3.8) is 0 Å². The average molecular weight is 903 g/mol. The number of aliphatic hydroxyl groups excluding tert-OH is 2. The van der Waals surface area contributed by atoms with Gasteiger partial charge in [0.1, 0.15) is 35.6 Å². The number of hydrogen-bond donors (Lipinski definition) is 2. The third-order valence-electron chi connectivity index (χ3n) is 13.3. The molecular weight excluding hydrogens is 825 g/mol. The van der Waals surface area contributed by atoms with Gasteiger partial charge >= 0.3 is 6.09 Å². The second kappa shape index (κ2) is 27.3. The monoisotopic (exact) mass is 903 g/mol. The molecule has 2 aromatic rings. The van der Waals surface area contributed by atoms with Crippen molar-refractivity contribution >= 4 is 18.1 Å². The molecule has 2 N–H and O–H groups in total. The highest BCUT2D eigenvalue weighted by Gasteiger charge is 2.65. The van der Waals surface area contributed by atoms with Crippen LogP contribution in [-0.2, 0) is 14.3 Å². The number of fused-ring (bicyclic) bond motifs is 2. The Balaban J connectivity index is 1.58. The van der Waals surface area contributed by atoms with Crippen molar-refractivity contribution in [1.82, 2.24) is 4.90 Å². The van der Waals surface area contributed by atoms with E-state index < -0.39 is 23.8 Å². The highest BCUT2D eigenvalue weighted by molar-refractivity contribution is 6.03. The van der Waals surface area contributed by atoms with E-state index >= 15 is 0 Å². The van der Waals surface area contributed by atoms with Crippen LogP contribution >= 0.6 is 0 Å². The third-order valence-corrected chi connectivity index (χ3v) is 13.3. The molecule has 1 fully saturated rings. The minimum absolute atomic E-state index is 0.0521. The largest absolute Gasteiger partial charge is 0.496 e. The van der Waals surface area contributed by atoms with Crippen LogP contribution < -0.4 is 14.2 Å². The van der Waals surface area contributed by atoms with Gasteiger partial charge in [-0.25, -0.2) is 4.79 Å². The number of methoxy groups -OCH3 is 1. The number of amides is 1. The fraction of sp³-hybridized carbons (Fsp3) is 0.642. The number of benzene rings is 2. The predicted molar refractivity (Wildman–Crippen MR) is 255 cm³/mol. The lowest BCUT2D eigenvalue weighted by atomic mass is 9.55. The smallest absolute Gasteiger partial charge is 0.410 e. The van der Waals surface area contributed by atoms with E-state index in [-0.39, 0.29) is 37.6 Å². The van der Waals surface area contributed by atoms with E-state index in [2.05, 4.69) is 26.5 Å². The van der Waals surface area contributed by atoms with Gasteiger partial charge in [0.15, 0.2) is 6.29 Å². The molecule has 6 atom stereocenters. The Kier molecular flexibility index (Phi) is 21.7. The van der Waals surface area contributed by atoms with E-state index in [0.717, 1.165) is 68.1 Å². The van der Waals surface area contributed by atoms with Gasteiger partial charge in [0.25, 0.3) is 0 Å². The summed E-state index contributed by atoms with van der Waals surface area (Å²) in [5.74, 6) is 0.218. The fourth-order valence-electron chi connectivity index (χ4n) is 10.3. The van der Waals surface area contributed by atoms with Crippen molar-refractivity contribution in [3.05, 3.63) is 71.8 Å². The van der Waals surface area contributed by atoms with Crippen molar-refractivity contribution in [2.45, 2.75) is 154 Å². The number of nitrogens with zero attached hydrogens (tertiary/aromatic N) is 2. The zero-order valence-corrected chi connectivity index (χ0v) is 39.8. The maximum atomic E-state index is 14.5. The molecule has 1 aliphatic heterocycles. The number of hydrogen-bond acceptors (Lipinski definition) is 11. The molecule has 5 rings (SSSR count). The Labute approximate surface area is 388 Å². The fourth-order valence-corrected chi connectivity index (χ4v) is 10.3. The number of aliphatic hydroxyl groups is 2. The van der Waals surface area contributed by atoms with Crippen molar-refractivity contribution in [2.75, 3.05) is 46.7 Å². The van der Waals surface area contributed by atoms with Crippen LogP contribution in [0.5, 0.6) is 23.0 Å². The second-order valence-corrected chi connectivity index (χ2v) is 17.8. The second-order valence-electron chi connectivity index (χ2n) is 17.8. The van der Waals surface area contributed by atoms with Crippen molar-refractivity contribution in [2.24, 2.45) is 22.9 Å². The topological polar surface area (TPSA) is 146 Å². The van der Waals surface area contributed by atoms with Crippen LogP contribution in [0.2, 0.25) is 0 Å². The Morgan fingerprint density at radius 2 is 1.58 bits per heavy atom. The maximum absolute atomic E-state index is 14.5. The number of rotatable bonds is 31. The number of carbonyl (C=O) groups excluding carboxylic acids is 2. The van der Waals surface area contributed by atoms with Gasteiger partial charge in [-0.1, -0.05) is 102 Å². The molecule has 1 heterocycles. The molecule has 1 saturated carbocycles. The first kappa shape index (κ1) is 51.6. The first-order valence-electron chi connectivity index (χ1n) is 24.8. The van der Waals surface area contributed by atoms with Crippen LogP contribution in [0.1, 0.15) is 158 Å². The zero-order chi connectivity index (χ0) is 46.4. The zero-order valence-electron chi connectivity index (χ0n) is 39.8. The summed E-state index contributed by atoms with van der Waals surface area (Å²) in [6, 6.07) is 10.3. The van der Waals surface area contributed by atoms with Crippen LogP contribution in [0.3, 0.4) is 0 Å². The van der Waals surface area contributed by atoms with Crippen molar-refractivity contribution in [1.29, 1.82) is 0 Å². The molecule has 0 aromatic heterocycles. The Hall–Kier alpha value is -4.39. The number of unbranched alkanes of at least 4 members (excludes halogenated alkanes) is 11. The van der Waals surface area contributed by atoms with Gasteiger partial charge in [-0.15, -0.1) is 6.58 Å². The molecule has 0 bridgehead atoms. The van der Waals surface area contributed by atoms with Gasteiger partial charge in [0.2, 0.25) is 5.79 Å². The van der Waals surface area contributed by atoms with Gasteiger partial charge in [0, 0.05) is 37.7 Å². The van der Waals surface area contributed by atoms with Crippen LogP contribution in [0, 0.1) is 17.8 Å².